The van der Waals surface area contributed by atoms with Crippen LogP contribution in [0.2, 0.25) is 10.0 Å². The standard InChI is InChI=1S/C23H14Cl2F3NO/c1-11-20(21(25)15-9-16(24)19(30-2)10-18(15)29-11)13-5-3-12(4-6-13)14-7-8-17(26)23(28)22(14)27/h3-10H,1-2H3. The zero-order valence-corrected chi connectivity index (χ0v) is 17.4. The number of aromatic nitrogens is 1. The molecule has 0 aliphatic heterocycles. The average molecular weight is 448 g/mol. The Kier molecular flexibility index (Phi) is 5.35. The predicted octanol–water partition coefficient (Wildman–Crippen LogP) is 7.61. The molecule has 152 valence electrons. The van der Waals surface area contributed by atoms with E-state index in [1.165, 1.54) is 13.2 Å². The van der Waals surface area contributed by atoms with Gasteiger partial charge >= 0.3 is 0 Å². The summed E-state index contributed by atoms with van der Waals surface area (Å²) in [6, 6.07) is 12.2. The quantitative estimate of drug-likeness (QED) is 0.301. The third kappa shape index (κ3) is 3.38. The van der Waals surface area contributed by atoms with Crippen LogP contribution in [0.3, 0.4) is 0 Å². The Morgan fingerprint density at radius 2 is 1.53 bits per heavy atom. The summed E-state index contributed by atoms with van der Waals surface area (Å²) >= 11 is 12.9. The van der Waals surface area contributed by atoms with Crippen molar-refractivity contribution in [3.63, 3.8) is 0 Å². The van der Waals surface area contributed by atoms with E-state index in [-0.39, 0.29) is 5.56 Å². The Labute approximate surface area is 180 Å². The number of methoxy groups -OCH3 is 1. The third-order valence-electron chi connectivity index (χ3n) is 4.90. The van der Waals surface area contributed by atoms with Crippen LogP contribution in [0.15, 0.2) is 48.5 Å². The number of hydrogen-bond acceptors (Lipinski definition) is 2. The molecule has 0 fully saturated rings. The molecule has 0 aliphatic carbocycles. The van der Waals surface area contributed by atoms with Gasteiger partial charge in [0.1, 0.15) is 5.75 Å². The summed E-state index contributed by atoms with van der Waals surface area (Å²) in [6.45, 7) is 1.82. The molecule has 3 aromatic carbocycles. The lowest BCUT2D eigenvalue weighted by atomic mass is 9.98. The van der Waals surface area contributed by atoms with Crippen LogP contribution in [-0.2, 0) is 0 Å². The van der Waals surface area contributed by atoms with Gasteiger partial charge in [-0.2, -0.15) is 0 Å². The van der Waals surface area contributed by atoms with Crippen molar-refractivity contribution in [2.75, 3.05) is 7.11 Å². The molecule has 2 nitrogen and oxygen atoms in total. The van der Waals surface area contributed by atoms with Crippen LogP contribution in [0.4, 0.5) is 13.2 Å². The van der Waals surface area contributed by atoms with Crippen molar-refractivity contribution in [3.8, 4) is 28.0 Å². The lowest BCUT2D eigenvalue weighted by molar-refractivity contribution is 0.415. The third-order valence-corrected chi connectivity index (χ3v) is 5.58. The topological polar surface area (TPSA) is 22.1 Å². The zero-order chi connectivity index (χ0) is 21.6. The van der Waals surface area contributed by atoms with E-state index in [2.05, 4.69) is 4.98 Å². The van der Waals surface area contributed by atoms with Gasteiger partial charge in [-0.3, -0.25) is 4.98 Å². The predicted molar refractivity (Wildman–Crippen MR) is 114 cm³/mol. The van der Waals surface area contributed by atoms with E-state index in [1.807, 2.05) is 6.92 Å². The van der Waals surface area contributed by atoms with E-state index in [9.17, 15) is 13.2 Å². The molecule has 0 saturated carbocycles. The van der Waals surface area contributed by atoms with Crippen molar-refractivity contribution in [2.45, 2.75) is 6.92 Å². The van der Waals surface area contributed by atoms with Gasteiger partial charge in [-0.15, -0.1) is 0 Å². The van der Waals surface area contributed by atoms with Gasteiger partial charge in [0.05, 0.1) is 22.7 Å². The highest BCUT2D eigenvalue weighted by molar-refractivity contribution is 6.39. The smallest absolute Gasteiger partial charge is 0.195 e. The van der Waals surface area contributed by atoms with Crippen LogP contribution in [0.25, 0.3) is 33.2 Å². The maximum absolute atomic E-state index is 14.1. The first-order valence-corrected chi connectivity index (χ1v) is 9.65. The van der Waals surface area contributed by atoms with Crippen LogP contribution in [0.1, 0.15) is 5.69 Å². The Balaban J connectivity index is 1.82. The van der Waals surface area contributed by atoms with Crippen molar-refractivity contribution in [2.24, 2.45) is 0 Å². The Hall–Kier alpha value is -2.76. The molecule has 0 unspecified atom stereocenters. The van der Waals surface area contributed by atoms with Gasteiger partial charge < -0.3 is 4.74 Å². The molecule has 30 heavy (non-hydrogen) atoms. The molecular formula is C23H14Cl2F3NO. The van der Waals surface area contributed by atoms with E-state index in [0.29, 0.717) is 43.5 Å². The van der Waals surface area contributed by atoms with E-state index in [4.69, 9.17) is 27.9 Å². The highest BCUT2D eigenvalue weighted by atomic mass is 35.5. The molecule has 4 rings (SSSR count). The summed E-state index contributed by atoms with van der Waals surface area (Å²) in [5.74, 6) is -3.46. The largest absolute Gasteiger partial charge is 0.495 e. The molecule has 0 saturated heterocycles. The second-order valence-electron chi connectivity index (χ2n) is 6.69. The van der Waals surface area contributed by atoms with Gasteiger partial charge in [0, 0.05) is 28.3 Å². The minimum Gasteiger partial charge on any atom is -0.495 e. The molecule has 4 aromatic rings. The molecular weight excluding hydrogens is 434 g/mol. The fourth-order valence-electron chi connectivity index (χ4n) is 3.40. The molecule has 0 N–H and O–H groups in total. The number of benzene rings is 3. The van der Waals surface area contributed by atoms with Gasteiger partial charge in [0.25, 0.3) is 0 Å². The van der Waals surface area contributed by atoms with Crippen molar-refractivity contribution < 1.29 is 17.9 Å². The van der Waals surface area contributed by atoms with Crippen molar-refractivity contribution >= 4 is 34.1 Å². The highest BCUT2D eigenvalue weighted by Crippen LogP contribution is 2.40. The van der Waals surface area contributed by atoms with Gasteiger partial charge in [-0.1, -0.05) is 47.5 Å². The van der Waals surface area contributed by atoms with Crippen LogP contribution in [0.5, 0.6) is 5.75 Å². The molecule has 0 spiro atoms. The second-order valence-corrected chi connectivity index (χ2v) is 7.48. The molecule has 1 heterocycles. The maximum atomic E-state index is 14.1. The summed E-state index contributed by atoms with van der Waals surface area (Å²) in [5.41, 5.74) is 3.14. The Morgan fingerprint density at radius 3 is 2.20 bits per heavy atom. The van der Waals surface area contributed by atoms with Gasteiger partial charge in [-0.25, -0.2) is 13.2 Å². The molecule has 0 atom stereocenters. The number of pyridine rings is 1. The Bertz CT molecular complexity index is 1290. The van der Waals surface area contributed by atoms with Crippen LogP contribution >= 0.6 is 23.2 Å². The molecule has 0 aliphatic rings. The SMILES string of the molecule is COc1cc2nc(C)c(-c3ccc(-c4ccc(F)c(F)c4F)cc3)c(Cl)c2cc1Cl. The normalized spacial score (nSPS) is 11.2. The fourth-order valence-corrected chi connectivity index (χ4v) is 4.04. The summed E-state index contributed by atoms with van der Waals surface area (Å²) in [6.07, 6.45) is 0. The lowest BCUT2D eigenvalue weighted by Crippen LogP contribution is -1.95. The first-order valence-electron chi connectivity index (χ1n) is 8.89. The minimum atomic E-state index is -1.50. The highest BCUT2D eigenvalue weighted by Gasteiger charge is 2.17. The van der Waals surface area contributed by atoms with Crippen molar-refractivity contribution in [3.05, 3.63) is 81.7 Å². The summed E-state index contributed by atoms with van der Waals surface area (Å²) in [7, 11) is 1.52. The fraction of sp³-hybridized carbons (Fsp3) is 0.0870. The molecule has 0 amide bonds. The van der Waals surface area contributed by atoms with Gasteiger partial charge in [0.15, 0.2) is 17.5 Å². The van der Waals surface area contributed by atoms with Crippen molar-refractivity contribution in [1.82, 2.24) is 4.98 Å². The number of nitrogens with zero attached hydrogens (tertiary/aromatic N) is 1. The first-order chi connectivity index (χ1) is 14.3. The number of ether oxygens (including phenoxy) is 1. The first kappa shape index (κ1) is 20.5. The monoisotopic (exact) mass is 447 g/mol. The summed E-state index contributed by atoms with van der Waals surface area (Å²) < 4.78 is 46.1. The minimum absolute atomic E-state index is 0.0289. The number of fused-ring (bicyclic) bond motifs is 1. The van der Waals surface area contributed by atoms with Crippen LogP contribution < -0.4 is 4.74 Å². The van der Waals surface area contributed by atoms with Crippen LogP contribution in [0, 0.1) is 24.4 Å². The maximum Gasteiger partial charge on any atom is 0.195 e. The Morgan fingerprint density at radius 1 is 0.867 bits per heavy atom. The summed E-state index contributed by atoms with van der Waals surface area (Å²) in [5, 5.41) is 1.54. The number of hydrogen-bond donors (Lipinski definition) is 0. The molecule has 1 aromatic heterocycles. The van der Waals surface area contributed by atoms with E-state index in [0.717, 1.165) is 11.6 Å². The summed E-state index contributed by atoms with van der Waals surface area (Å²) in [4.78, 5) is 4.60. The van der Waals surface area contributed by atoms with Gasteiger partial charge in [0.2, 0.25) is 0 Å². The van der Waals surface area contributed by atoms with Crippen LogP contribution in [-0.4, -0.2) is 12.1 Å². The van der Waals surface area contributed by atoms with E-state index >= 15 is 0 Å². The lowest BCUT2D eigenvalue weighted by Gasteiger charge is -2.14. The average Bonchev–Trinajstić information content (AvgIpc) is 2.73. The number of aryl methyl sites for hydroxylation is 1. The number of halogens is 5. The molecule has 7 heteroatoms. The number of rotatable bonds is 3. The second kappa shape index (κ2) is 7.82. The molecule has 0 bridgehead atoms. The van der Waals surface area contributed by atoms with E-state index in [1.54, 1.807) is 36.4 Å². The zero-order valence-electron chi connectivity index (χ0n) is 15.9. The molecule has 0 radical (unpaired) electrons. The van der Waals surface area contributed by atoms with E-state index < -0.39 is 17.5 Å². The van der Waals surface area contributed by atoms with Gasteiger partial charge in [-0.05, 0) is 36.2 Å². The van der Waals surface area contributed by atoms with Crippen molar-refractivity contribution in [1.29, 1.82) is 0 Å².